The van der Waals surface area contributed by atoms with Crippen molar-refractivity contribution in [3.63, 3.8) is 0 Å². The lowest BCUT2D eigenvalue weighted by Gasteiger charge is -2.09. The molecule has 0 saturated heterocycles. The fourth-order valence-corrected chi connectivity index (χ4v) is 2.25. The molecule has 6 heteroatoms. The van der Waals surface area contributed by atoms with Crippen LogP contribution in [-0.4, -0.2) is 39.4 Å². The third-order valence-corrected chi connectivity index (χ3v) is 3.59. The highest BCUT2D eigenvalue weighted by molar-refractivity contribution is 5.90. The van der Waals surface area contributed by atoms with Crippen LogP contribution in [0, 0.1) is 0 Å². The van der Waals surface area contributed by atoms with Crippen molar-refractivity contribution >= 4 is 11.9 Å². The molecule has 138 valence electrons. The first kappa shape index (κ1) is 19.3. The molecule has 0 fully saturated rings. The van der Waals surface area contributed by atoms with Gasteiger partial charge in [-0.05, 0) is 49.2 Å². The Bertz CT molecular complexity index is 677. The van der Waals surface area contributed by atoms with Gasteiger partial charge in [-0.1, -0.05) is 12.1 Å². The minimum atomic E-state index is -0.391. The van der Waals surface area contributed by atoms with E-state index in [9.17, 15) is 9.59 Å². The van der Waals surface area contributed by atoms with Gasteiger partial charge in [-0.2, -0.15) is 0 Å². The summed E-state index contributed by atoms with van der Waals surface area (Å²) in [7, 11) is 2.69. The number of methoxy groups -OCH3 is 2. The van der Waals surface area contributed by atoms with Crippen LogP contribution < -0.4 is 9.47 Å². The molecule has 0 N–H and O–H groups in total. The molecule has 6 nitrogen and oxygen atoms in total. The predicted molar refractivity (Wildman–Crippen MR) is 95.8 cm³/mol. The average molecular weight is 358 g/mol. The summed E-state index contributed by atoms with van der Waals surface area (Å²) in [6.45, 7) is 1.02. The van der Waals surface area contributed by atoms with Gasteiger partial charge in [0, 0.05) is 0 Å². The Hall–Kier alpha value is -3.02. The van der Waals surface area contributed by atoms with Crippen molar-refractivity contribution in [3.05, 3.63) is 59.7 Å². The van der Waals surface area contributed by atoms with Crippen LogP contribution in [0.5, 0.6) is 11.5 Å². The normalized spacial score (nSPS) is 10.1. The van der Waals surface area contributed by atoms with Crippen LogP contribution in [0.1, 0.15) is 33.6 Å². The number of unbranched alkanes of at least 4 members (excludes halogenated alkanes) is 1. The lowest BCUT2D eigenvalue weighted by Crippen LogP contribution is -2.05. The molecule has 0 atom stereocenters. The SMILES string of the molecule is COC(=O)c1cccc(OCCCCOc2cccc(C(=O)OC)c2)c1. The van der Waals surface area contributed by atoms with Crippen LogP contribution in [0.15, 0.2) is 48.5 Å². The Labute approximate surface area is 152 Å². The second kappa shape index (κ2) is 10.1. The molecule has 0 bridgehead atoms. The number of carbonyl (C=O) groups excluding carboxylic acids is 2. The van der Waals surface area contributed by atoms with E-state index in [2.05, 4.69) is 9.47 Å². The van der Waals surface area contributed by atoms with Gasteiger partial charge < -0.3 is 18.9 Å². The lowest BCUT2D eigenvalue weighted by atomic mass is 10.2. The van der Waals surface area contributed by atoms with Gasteiger partial charge in [-0.3, -0.25) is 0 Å². The van der Waals surface area contributed by atoms with Crippen molar-refractivity contribution in [3.8, 4) is 11.5 Å². The fourth-order valence-electron chi connectivity index (χ4n) is 2.25. The van der Waals surface area contributed by atoms with Gasteiger partial charge in [-0.15, -0.1) is 0 Å². The summed E-state index contributed by atoms with van der Waals surface area (Å²) in [5.74, 6) is 0.468. The van der Waals surface area contributed by atoms with Crippen molar-refractivity contribution in [2.24, 2.45) is 0 Å². The van der Waals surface area contributed by atoms with Crippen molar-refractivity contribution in [1.82, 2.24) is 0 Å². The number of hydrogen-bond donors (Lipinski definition) is 0. The first-order valence-corrected chi connectivity index (χ1v) is 8.26. The first-order chi connectivity index (χ1) is 12.6. The Balaban J connectivity index is 1.70. The third kappa shape index (κ3) is 5.81. The van der Waals surface area contributed by atoms with E-state index >= 15 is 0 Å². The highest BCUT2D eigenvalue weighted by Crippen LogP contribution is 2.16. The molecule has 0 spiro atoms. The summed E-state index contributed by atoms with van der Waals surface area (Å²) in [6.07, 6.45) is 1.58. The van der Waals surface area contributed by atoms with E-state index in [0.717, 1.165) is 12.8 Å². The lowest BCUT2D eigenvalue weighted by molar-refractivity contribution is 0.0591. The highest BCUT2D eigenvalue weighted by Gasteiger charge is 2.07. The van der Waals surface area contributed by atoms with Crippen molar-refractivity contribution in [2.75, 3.05) is 27.4 Å². The van der Waals surface area contributed by atoms with Crippen molar-refractivity contribution in [1.29, 1.82) is 0 Å². The molecule has 0 amide bonds. The zero-order chi connectivity index (χ0) is 18.8. The Morgan fingerprint density at radius 1 is 0.731 bits per heavy atom. The molecular weight excluding hydrogens is 336 g/mol. The molecular formula is C20H22O6. The Kier molecular flexibility index (Phi) is 7.49. The topological polar surface area (TPSA) is 71.1 Å². The van der Waals surface area contributed by atoms with Gasteiger partial charge in [-0.25, -0.2) is 9.59 Å². The van der Waals surface area contributed by atoms with E-state index in [1.54, 1.807) is 48.5 Å². The van der Waals surface area contributed by atoms with Gasteiger partial charge in [0.1, 0.15) is 11.5 Å². The van der Waals surface area contributed by atoms with Crippen LogP contribution in [0.3, 0.4) is 0 Å². The third-order valence-electron chi connectivity index (χ3n) is 3.59. The van der Waals surface area contributed by atoms with Gasteiger partial charge in [0.2, 0.25) is 0 Å². The second-order valence-corrected chi connectivity index (χ2v) is 5.44. The summed E-state index contributed by atoms with van der Waals surface area (Å²) < 4.78 is 20.6. The molecule has 2 aromatic carbocycles. The molecule has 0 aliphatic rings. The van der Waals surface area contributed by atoms with Crippen LogP contribution in [0.25, 0.3) is 0 Å². The van der Waals surface area contributed by atoms with Gasteiger partial charge >= 0.3 is 11.9 Å². The van der Waals surface area contributed by atoms with E-state index in [1.807, 2.05) is 0 Å². The molecule has 0 unspecified atom stereocenters. The summed E-state index contributed by atoms with van der Waals surface area (Å²) in [5, 5.41) is 0. The molecule has 2 aromatic rings. The number of esters is 2. The molecule has 26 heavy (non-hydrogen) atoms. The quantitative estimate of drug-likeness (QED) is 0.505. The van der Waals surface area contributed by atoms with E-state index in [1.165, 1.54) is 14.2 Å². The maximum Gasteiger partial charge on any atom is 0.337 e. The summed E-state index contributed by atoms with van der Waals surface area (Å²) in [4.78, 5) is 23.0. The van der Waals surface area contributed by atoms with Crippen LogP contribution in [-0.2, 0) is 9.47 Å². The summed E-state index contributed by atoms with van der Waals surface area (Å²) >= 11 is 0. The number of carbonyl (C=O) groups is 2. The van der Waals surface area contributed by atoms with Gasteiger partial charge in [0.25, 0.3) is 0 Å². The van der Waals surface area contributed by atoms with E-state index in [0.29, 0.717) is 35.8 Å². The molecule has 0 saturated carbocycles. The zero-order valence-electron chi connectivity index (χ0n) is 14.9. The first-order valence-electron chi connectivity index (χ1n) is 8.26. The second-order valence-electron chi connectivity index (χ2n) is 5.44. The van der Waals surface area contributed by atoms with E-state index in [4.69, 9.17) is 9.47 Å². The monoisotopic (exact) mass is 358 g/mol. The smallest absolute Gasteiger partial charge is 0.337 e. The van der Waals surface area contributed by atoms with Crippen LogP contribution >= 0.6 is 0 Å². The number of ether oxygens (including phenoxy) is 4. The number of rotatable bonds is 9. The summed E-state index contributed by atoms with van der Waals surface area (Å²) in [5.41, 5.74) is 0.914. The molecule has 0 aliphatic carbocycles. The molecule has 2 rings (SSSR count). The van der Waals surface area contributed by atoms with Gasteiger partial charge in [0.15, 0.2) is 0 Å². The minimum Gasteiger partial charge on any atom is -0.494 e. The molecule has 0 aliphatic heterocycles. The maximum atomic E-state index is 11.5. The van der Waals surface area contributed by atoms with Crippen LogP contribution in [0.4, 0.5) is 0 Å². The standard InChI is InChI=1S/C20H22O6/c1-23-19(21)15-7-5-9-17(13-15)25-11-3-4-12-26-18-10-6-8-16(14-18)20(22)24-2/h5-10,13-14H,3-4,11-12H2,1-2H3. The molecule has 0 aromatic heterocycles. The van der Waals surface area contributed by atoms with Crippen molar-refractivity contribution in [2.45, 2.75) is 12.8 Å². The zero-order valence-corrected chi connectivity index (χ0v) is 14.9. The highest BCUT2D eigenvalue weighted by atomic mass is 16.5. The minimum absolute atomic E-state index is 0.391. The molecule has 0 radical (unpaired) electrons. The largest absolute Gasteiger partial charge is 0.494 e. The summed E-state index contributed by atoms with van der Waals surface area (Å²) in [6, 6.07) is 13.7. The van der Waals surface area contributed by atoms with Crippen LogP contribution in [0.2, 0.25) is 0 Å². The van der Waals surface area contributed by atoms with Gasteiger partial charge in [0.05, 0.1) is 38.6 Å². The average Bonchev–Trinajstić information content (AvgIpc) is 2.69. The fraction of sp³-hybridized carbons (Fsp3) is 0.300. The molecule has 0 heterocycles. The number of hydrogen-bond acceptors (Lipinski definition) is 6. The van der Waals surface area contributed by atoms with E-state index in [-0.39, 0.29) is 0 Å². The maximum absolute atomic E-state index is 11.5. The Morgan fingerprint density at radius 3 is 1.54 bits per heavy atom. The van der Waals surface area contributed by atoms with Crippen molar-refractivity contribution < 1.29 is 28.5 Å². The number of benzene rings is 2. The van der Waals surface area contributed by atoms with E-state index < -0.39 is 11.9 Å². The Morgan fingerprint density at radius 2 is 1.15 bits per heavy atom. The predicted octanol–water partition coefficient (Wildman–Crippen LogP) is 3.50.